The molecule has 0 aliphatic carbocycles. The molecule has 0 aromatic heterocycles. The van der Waals surface area contributed by atoms with Gasteiger partial charge in [0.15, 0.2) is 0 Å². The fourth-order valence-corrected chi connectivity index (χ4v) is 0. The Hall–Kier alpha value is 3.18. The van der Waals surface area contributed by atoms with Gasteiger partial charge in [0.05, 0.1) is 0 Å². The van der Waals surface area contributed by atoms with Crippen molar-refractivity contribution in [3.63, 3.8) is 0 Å². The van der Waals surface area contributed by atoms with Crippen LogP contribution in [0.15, 0.2) is 0 Å². The SMILES string of the molecule is O=C([O-])[O-].[Ca+2].[K+].[Na+].[O-][Si](O)(O)O.[OH-]. The van der Waals surface area contributed by atoms with E-state index < -0.39 is 15.2 Å². The molecule has 0 amide bonds. The molecule has 8 nitrogen and oxygen atoms in total. The first-order valence-corrected chi connectivity index (χ1v) is 3.24. The van der Waals surface area contributed by atoms with Crippen molar-refractivity contribution in [2.45, 2.75) is 0 Å². The number of carbonyl (C=O) groups is 1. The molecule has 0 atom stereocenters. The fourth-order valence-electron chi connectivity index (χ4n) is 0. The molecule has 0 rings (SSSR count). The summed E-state index contributed by atoms with van der Waals surface area (Å²) >= 11 is 0. The van der Waals surface area contributed by atoms with Crippen molar-refractivity contribution in [1.29, 1.82) is 0 Å². The van der Waals surface area contributed by atoms with E-state index in [0.29, 0.717) is 0 Å². The maximum absolute atomic E-state index is 8.91. The molecule has 13 heavy (non-hydrogen) atoms. The molecule has 0 unspecified atom stereocenters. The van der Waals surface area contributed by atoms with Crippen LogP contribution in [0.25, 0.3) is 0 Å². The van der Waals surface area contributed by atoms with Crippen LogP contribution in [-0.4, -0.2) is 72.8 Å². The molecular weight excluding hydrogens is 270 g/mol. The predicted octanol–water partition coefficient (Wildman–Crippen LogP) is -12.2. The molecule has 0 aromatic rings. The van der Waals surface area contributed by atoms with Crippen LogP contribution in [0.3, 0.4) is 0 Å². The van der Waals surface area contributed by atoms with Crippen molar-refractivity contribution in [3.8, 4) is 0 Å². The summed E-state index contributed by atoms with van der Waals surface area (Å²) in [4.78, 5) is 38.9. The molecule has 0 spiro atoms. The van der Waals surface area contributed by atoms with E-state index in [0.717, 1.165) is 0 Å². The first kappa shape index (κ1) is 36.0. The van der Waals surface area contributed by atoms with Gasteiger partial charge in [0, 0.05) is 0 Å². The van der Waals surface area contributed by atoms with Crippen molar-refractivity contribution in [3.05, 3.63) is 0 Å². The summed E-state index contributed by atoms with van der Waals surface area (Å²) < 4.78 is 0. The van der Waals surface area contributed by atoms with Crippen LogP contribution in [0, 0.1) is 0 Å². The Kier molecular flexibility index (Phi) is 56.9. The normalized spacial score (nSPS) is 6.46. The molecule has 0 aliphatic heterocycles. The summed E-state index contributed by atoms with van der Waals surface area (Å²) in [5.74, 6) is 0. The van der Waals surface area contributed by atoms with Crippen LogP contribution in [-0.2, 0) is 0 Å². The molecule has 0 fully saturated rings. The topological polar surface area (TPSA) is 177 Å². The van der Waals surface area contributed by atoms with Gasteiger partial charge in [0.2, 0.25) is 0 Å². The van der Waals surface area contributed by atoms with Gasteiger partial charge < -0.3 is 39.7 Å². The summed E-state index contributed by atoms with van der Waals surface area (Å²) in [6, 6.07) is 0. The molecule has 0 bridgehead atoms. The summed E-state index contributed by atoms with van der Waals surface area (Å²) in [5, 5.41) is 16.7. The van der Waals surface area contributed by atoms with E-state index in [1.807, 2.05) is 0 Å². The molecule has 0 saturated heterocycles. The van der Waals surface area contributed by atoms with Gasteiger partial charge in [-0.25, -0.2) is 0 Å². The van der Waals surface area contributed by atoms with Crippen LogP contribution in [0.2, 0.25) is 0 Å². The average Bonchev–Trinajstić information content (AvgIpc) is 1.19. The van der Waals surface area contributed by atoms with Crippen molar-refractivity contribution in [2.75, 3.05) is 0 Å². The Labute approximate surface area is 169 Å². The van der Waals surface area contributed by atoms with Crippen molar-refractivity contribution >= 4 is 52.9 Å². The van der Waals surface area contributed by atoms with E-state index in [-0.39, 0.29) is 124 Å². The Balaban J connectivity index is -0.0000000146. The van der Waals surface area contributed by atoms with E-state index in [2.05, 4.69) is 0 Å². The van der Waals surface area contributed by atoms with Crippen molar-refractivity contribution in [2.24, 2.45) is 0 Å². The molecule has 0 radical (unpaired) electrons. The maximum atomic E-state index is 8.91. The van der Waals surface area contributed by atoms with E-state index in [1.165, 1.54) is 0 Å². The third-order valence-corrected chi connectivity index (χ3v) is 0. The molecule has 4 N–H and O–H groups in total. The number of hydrogen-bond donors (Lipinski definition) is 3. The minimum Gasteiger partial charge on any atom is -0.870 e. The van der Waals surface area contributed by atoms with Crippen LogP contribution < -0.4 is 96.0 Å². The number of carboxylic acid groups (broad SMARTS) is 2. The standard InChI is InChI=1S/CH2O3.Ca.K.Na.H3O4Si.H2O/c2-1(3)4;;;;1-5(2,3)4;/h(H2,2,3,4);;;;1-3H;1H2/q;+2;2*+1;-1;/p-3. The van der Waals surface area contributed by atoms with Crippen molar-refractivity contribution < 1.29 is 121 Å². The Morgan fingerprint density at radius 1 is 1.15 bits per heavy atom. The van der Waals surface area contributed by atoms with Crippen molar-refractivity contribution in [1.82, 2.24) is 0 Å². The first-order valence-electron chi connectivity index (χ1n) is 1.49. The van der Waals surface area contributed by atoms with Crippen LogP contribution >= 0.6 is 0 Å². The summed E-state index contributed by atoms with van der Waals surface area (Å²) in [7, 11) is -4.86. The molecule has 0 aliphatic rings. The van der Waals surface area contributed by atoms with Gasteiger partial charge >= 0.3 is 128 Å². The Morgan fingerprint density at radius 2 is 1.15 bits per heavy atom. The second-order valence-electron chi connectivity index (χ2n) is 0.824. The molecular formula is CH4CaKNaO8Si. The molecule has 0 saturated carbocycles. The smallest absolute Gasteiger partial charge is 0.870 e. The summed E-state index contributed by atoms with van der Waals surface area (Å²) in [6.45, 7) is 0. The first-order chi connectivity index (χ1) is 3.73. The van der Waals surface area contributed by atoms with Gasteiger partial charge in [-0.15, -0.1) is 0 Å². The molecule has 0 heterocycles. The number of carbonyl (C=O) groups excluding carboxylic acids is 1. The quantitative estimate of drug-likeness (QED) is 0.364. The third kappa shape index (κ3) is 260. The van der Waals surface area contributed by atoms with Gasteiger partial charge in [0.1, 0.15) is 0 Å². The van der Waals surface area contributed by atoms with Gasteiger partial charge in [-0.3, -0.25) is 0 Å². The second kappa shape index (κ2) is 20.6. The minimum absolute atomic E-state index is 0. The van der Waals surface area contributed by atoms with Crippen LogP contribution in [0.1, 0.15) is 0 Å². The number of rotatable bonds is 0. The van der Waals surface area contributed by atoms with E-state index in [1.54, 1.807) is 0 Å². The predicted molar refractivity (Wildman–Crippen MR) is 25.5 cm³/mol. The Morgan fingerprint density at radius 3 is 1.15 bits per heavy atom. The van der Waals surface area contributed by atoms with E-state index in [4.69, 9.17) is 34.2 Å². The van der Waals surface area contributed by atoms with E-state index in [9.17, 15) is 0 Å². The Bertz CT molecular complexity index is 86.6. The van der Waals surface area contributed by atoms with Gasteiger partial charge in [-0.2, -0.15) is 0 Å². The van der Waals surface area contributed by atoms with E-state index >= 15 is 0 Å². The fraction of sp³-hybridized carbons (Fsp3) is 0. The zero-order valence-corrected chi connectivity index (χ0v) is 15.5. The third-order valence-electron chi connectivity index (χ3n) is 0. The largest absolute Gasteiger partial charge is 2.00 e. The molecule has 0 aromatic carbocycles. The molecule has 12 heteroatoms. The average molecular weight is 274 g/mol. The monoisotopic (exact) mass is 274 g/mol. The number of hydrogen-bond acceptors (Lipinski definition) is 8. The maximum Gasteiger partial charge on any atom is 2.00 e. The molecule has 64 valence electrons. The zero-order valence-electron chi connectivity index (χ0n) is 7.13. The second-order valence-corrected chi connectivity index (χ2v) is 1.97. The van der Waals surface area contributed by atoms with Crippen LogP contribution in [0.4, 0.5) is 4.79 Å². The summed E-state index contributed by atoms with van der Waals surface area (Å²) in [6.07, 6.45) is -2.33. The van der Waals surface area contributed by atoms with Gasteiger partial charge in [0.25, 0.3) is 0 Å². The minimum atomic E-state index is -4.86. The van der Waals surface area contributed by atoms with Gasteiger partial charge in [-0.1, -0.05) is 0 Å². The van der Waals surface area contributed by atoms with Gasteiger partial charge in [-0.05, 0) is 6.16 Å². The zero-order chi connectivity index (χ0) is 8.08. The van der Waals surface area contributed by atoms with Crippen LogP contribution in [0.5, 0.6) is 0 Å². The summed E-state index contributed by atoms with van der Waals surface area (Å²) in [5.41, 5.74) is 0.